The second-order valence-electron chi connectivity index (χ2n) is 5.68. The highest BCUT2D eigenvalue weighted by Gasteiger charge is 2.14. The van der Waals surface area contributed by atoms with Crippen LogP contribution in [0.2, 0.25) is 0 Å². The number of rotatable bonds is 5. The molecule has 1 aliphatic heterocycles. The molecule has 1 aliphatic rings. The lowest BCUT2D eigenvalue weighted by atomic mass is 10.1. The number of aromatic nitrogens is 3. The maximum atomic E-state index is 5.38. The summed E-state index contributed by atoms with van der Waals surface area (Å²) in [6.07, 6.45) is 1.61. The Balaban J connectivity index is 1.51. The van der Waals surface area contributed by atoms with E-state index in [0.29, 0.717) is 0 Å². The Morgan fingerprint density at radius 2 is 1.96 bits per heavy atom. The largest absolute Gasteiger partial charge is 0.379 e. The first-order chi connectivity index (χ1) is 11.9. The third-order valence-corrected chi connectivity index (χ3v) is 4.97. The summed E-state index contributed by atoms with van der Waals surface area (Å²) in [7, 11) is 0. The molecule has 0 radical (unpaired) electrons. The zero-order valence-corrected chi connectivity index (χ0v) is 14.1. The molecule has 0 spiro atoms. The molecule has 3 heterocycles. The Hall–Kier alpha value is -2.09. The molecule has 1 aromatic carbocycles. The van der Waals surface area contributed by atoms with Crippen molar-refractivity contribution in [1.82, 2.24) is 19.2 Å². The third-order valence-electron chi connectivity index (χ3n) is 4.13. The monoisotopic (exact) mass is 341 g/mol. The van der Waals surface area contributed by atoms with Crippen molar-refractivity contribution in [3.8, 4) is 11.3 Å². The van der Waals surface area contributed by atoms with Crippen LogP contribution in [0.15, 0.2) is 36.7 Å². The SMILES string of the molecule is c1ccc(-c2nsc3c(NCCN4CCOCC4)ncnc23)cc1. The van der Waals surface area contributed by atoms with Gasteiger partial charge in [0.2, 0.25) is 0 Å². The van der Waals surface area contributed by atoms with Crippen LogP contribution in [0.25, 0.3) is 21.5 Å². The van der Waals surface area contributed by atoms with Gasteiger partial charge in [-0.1, -0.05) is 30.3 Å². The Morgan fingerprint density at radius 1 is 1.12 bits per heavy atom. The highest BCUT2D eigenvalue weighted by Crippen LogP contribution is 2.32. The number of nitrogens with one attached hydrogen (secondary N) is 1. The van der Waals surface area contributed by atoms with Gasteiger partial charge in [0.05, 0.1) is 13.2 Å². The molecule has 0 amide bonds. The Morgan fingerprint density at radius 3 is 2.79 bits per heavy atom. The van der Waals surface area contributed by atoms with Crippen LogP contribution in [0.1, 0.15) is 0 Å². The smallest absolute Gasteiger partial charge is 0.149 e. The molecule has 1 fully saturated rings. The number of benzene rings is 1. The molecule has 1 N–H and O–H groups in total. The topological polar surface area (TPSA) is 63.2 Å². The zero-order valence-electron chi connectivity index (χ0n) is 13.3. The molecule has 124 valence electrons. The van der Waals surface area contributed by atoms with E-state index in [0.717, 1.165) is 66.7 Å². The van der Waals surface area contributed by atoms with Crippen molar-refractivity contribution in [2.24, 2.45) is 0 Å². The molecule has 24 heavy (non-hydrogen) atoms. The highest BCUT2D eigenvalue weighted by atomic mass is 32.1. The molecule has 3 aromatic rings. The van der Waals surface area contributed by atoms with Gasteiger partial charge < -0.3 is 10.1 Å². The molecule has 0 bridgehead atoms. The predicted molar refractivity (Wildman–Crippen MR) is 96.4 cm³/mol. The van der Waals surface area contributed by atoms with E-state index in [1.807, 2.05) is 18.2 Å². The molecule has 0 atom stereocenters. The molecular formula is C17H19N5OS. The van der Waals surface area contributed by atoms with E-state index in [1.54, 1.807) is 6.33 Å². The fraction of sp³-hybridized carbons (Fsp3) is 0.353. The summed E-state index contributed by atoms with van der Waals surface area (Å²) in [5, 5.41) is 3.44. The minimum Gasteiger partial charge on any atom is -0.379 e. The number of anilines is 1. The first kappa shape index (κ1) is 15.4. The summed E-state index contributed by atoms with van der Waals surface area (Å²) in [6, 6.07) is 10.2. The van der Waals surface area contributed by atoms with Gasteiger partial charge in [-0.15, -0.1) is 0 Å². The van der Waals surface area contributed by atoms with E-state index >= 15 is 0 Å². The van der Waals surface area contributed by atoms with E-state index in [-0.39, 0.29) is 0 Å². The van der Waals surface area contributed by atoms with Crippen LogP contribution < -0.4 is 5.32 Å². The quantitative estimate of drug-likeness (QED) is 0.769. The van der Waals surface area contributed by atoms with Crippen LogP contribution in [-0.4, -0.2) is 58.6 Å². The lowest BCUT2D eigenvalue weighted by Gasteiger charge is -2.26. The van der Waals surface area contributed by atoms with Gasteiger partial charge in [0.15, 0.2) is 0 Å². The van der Waals surface area contributed by atoms with E-state index in [1.165, 1.54) is 11.5 Å². The first-order valence-corrected chi connectivity index (χ1v) is 8.89. The van der Waals surface area contributed by atoms with Crippen LogP contribution in [0.4, 0.5) is 5.82 Å². The van der Waals surface area contributed by atoms with E-state index in [4.69, 9.17) is 4.74 Å². The van der Waals surface area contributed by atoms with Crippen molar-refractivity contribution in [1.29, 1.82) is 0 Å². The van der Waals surface area contributed by atoms with Crippen molar-refractivity contribution < 1.29 is 4.74 Å². The fourth-order valence-electron chi connectivity index (χ4n) is 2.83. The van der Waals surface area contributed by atoms with E-state index in [9.17, 15) is 0 Å². The van der Waals surface area contributed by atoms with Crippen molar-refractivity contribution in [2.75, 3.05) is 44.7 Å². The molecular weight excluding hydrogens is 322 g/mol. The standard InChI is InChI=1S/C17H19N5OS/c1-2-4-13(5-3-1)14-15-16(24-21-14)17(20-12-19-15)18-6-7-22-8-10-23-11-9-22/h1-5,12H,6-11H2,(H,18,19,20). The Bertz CT molecular complexity index is 801. The van der Waals surface area contributed by atoms with Gasteiger partial charge in [-0.2, -0.15) is 4.37 Å². The minimum atomic E-state index is 0.826. The fourth-order valence-corrected chi connectivity index (χ4v) is 3.65. The van der Waals surface area contributed by atoms with Crippen LogP contribution in [-0.2, 0) is 4.74 Å². The van der Waals surface area contributed by atoms with Gasteiger partial charge in [-0.3, -0.25) is 4.90 Å². The lowest BCUT2D eigenvalue weighted by molar-refractivity contribution is 0.0398. The molecule has 2 aromatic heterocycles. The number of fused-ring (bicyclic) bond motifs is 1. The number of ether oxygens (including phenoxy) is 1. The summed E-state index contributed by atoms with van der Waals surface area (Å²) >= 11 is 1.45. The van der Waals surface area contributed by atoms with Crippen LogP contribution in [0.5, 0.6) is 0 Å². The van der Waals surface area contributed by atoms with Crippen molar-refractivity contribution in [2.45, 2.75) is 0 Å². The van der Waals surface area contributed by atoms with E-state index in [2.05, 4.69) is 36.7 Å². The summed E-state index contributed by atoms with van der Waals surface area (Å²) in [6.45, 7) is 5.49. The van der Waals surface area contributed by atoms with Crippen molar-refractivity contribution in [3.63, 3.8) is 0 Å². The third kappa shape index (κ3) is 3.24. The van der Waals surface area contributed by atoms with Gasteiger partial charge >= 0.3 is 0 Å². The van der Waals surface area contributed by atoms with Gasteiger partial charge in [0.1, 0.15) is 28.1 Å². The normalized spacial score (nSPS) is 15.7. The van der Waals surface area contributed by atoms with Gasteiger partial charge in [-0.05, 0) is 11.5 Å². The van der Waals surface area contributed by atoms with Gasteiger partial charge in [-0.25, -0.2) is 9.97 Å². The maximum absolute atomic E-state index is 5.38. The lowest BCUT2D eigenvalue weighted by Crippen LogP contribution is -2.39. The zero-order chi connectivity index (χ0) is 16.2. The molecule has 1 saturated heterocycles. The molecule has 0 aliphatic carbocycles. The first-order valence-electron chi connectivity index (χ1n) is 8.11. The number of morpholine rings is 1. The summed E-state index contributed by atoms with van der Waals surface area (Å²) < 4.78 is 11.0. The Labute approximate surface area is 144 Å². The second kappa shape index (κ2) is 7.21. The summed E-state index contributed by atoms with van der Waals surface area (Å²) in [5.74, 6) is 0.868. The van der Waals surface area contributed by atoms with Crippen molar-refractivity contribution >= 4 is 27.6 Å². The molecule has 4 rings (SSSR count). The average Bonchev–Trinajstić information content (AvgIpc) is 3.08. The average molecular weight is 341 g/mol. The molecule has 7 heteroatoms. The molecule has 0 unspecified atom stereocenters. The number of nitrogens with zero attached hydrogens (tertiary/aromatic N) is 4. The predicted octanol–water partition coefficient (Wildman–Crippen LogP) is 2.50. The van der Waals surface area contributed by atoms with Gasteiger partial charge in [0, 0.05) is 31.7 Å². The van der Waals surface area contributed by atoms with Crippen molar-refractivity contribution in [3.05, 3.63) is 36.7 Å². The maximum Gasteiger partial charge on any atom is 0.149 e. The Kier molecular flexibility index (Phi) is 4.64. The molecule has 0 saturated carbocycles. The summed E-state index contributed by atoms with van der Waals surface area (Å²) in [5.41, 5.74) is 2.92. The minimum absolute atomic E-state index is 0.826. The van der Waals surface area contributed by atoms with E-state index < -0.39 is 0 Å². The summed E-state index contributed by atoms with van der Waals surface area (Å²) in [4.78, 5) is 11.2. The van der Waals surface area contributed by atoms with Crippen LogP contribution in [0.3, 0.4) is 0 Å². The highest BCUT2D eigenvalue weighted by molar-refractivity contribution is 7.14. The second-order valence-corrected chi connectivity index (χ2v) is 6.45. The van der Waals surface area contributed by atoms with Crippen LogP contribution in [0, 0.1) is 0 Å². The number of hydrogen-bond donors (Lipinski definition) is 1. The number of hydrogen-bond acceptors (Lipinski definition) is 7. The van der Waals surface area contributed by atoms with Gasteiger partial charge in [0.25, 0.3) is 0 Å². The van der Waals surface area contributed by atoms with Crippen LogP contribution >= 0.6 is 11.5 Å². The molecule has 6 nitrogen and oxygen atoms in total.